The van der Waals surface area contributed by atoms with Crippen LogP contribution < -0.4 is 25.4 Å². The van der Waals surface area contributed by atoms with Crippen molar-refractivity contribution in [3.05, 3.63) is 59.2 Å². The van der Waals surface area contributed by atoms with Gasteiger partial charge in [-0.1, -0.05) is 18.2 Å². The monoisotopic (exact) mass is 438 g/mol. The van der Waals surface area contributed by atoms with Crippen molar-refractivity contribution in [1.82, 2.24) is 16.0 Å². The zero-order chi connectivity index (χ0) is 22.8. The number of aliphatic imine (C=N–C) groups is 1. The molecule has 7 heteroatoms. The summed E-state index contributed by atoms with van der Waals surface area (Å²) in [6.07, 6.45) is 5.73. The molecule has 0 aliphatic heterocycles. The molecule has 1 aliphatic rings. The largest absolute Gasteiger partial charge is 0.493 e. The van der Waals surface area contributed by atoms with Gasteiger partial charge in [0.2, 0.25) is 0 Å². The molecule has 1 fully saturated rings. The van der Waals surface area contributed by atoms with Crippen LogP contribution in [0.5, 0.6) is 11.5 Å². The number of methoxy groups -OCH3 is 1. The zero-order valence-corrected chi connectivity index (χ0v) is 19.2. The van der Waals surface area contributed by atoms with E-state index in [1.807, 2.05) is 42.5 Å². The van der Waals surface area contributed by atoms with Gasteiger partial charge in [0.1, 0.15) is 0 Å². The quantitative estimate of drug-likeness (QED) is 0.413. The summed E-state index contributed by atoms with van der Waals surface area (Å²) in [4.78, 5) is 16.1. The molecule has 3 N–H and O–H groups in total. The number of hydrogen-bond donors (Lipinski definition) is 3. The van der Waals surface area contributed by atoms with E-state index in [2.05, 4.69) is 20.9 Å². The van der Waals surface area contributed by atoms with E-state index < -0.39 is 0 Å². The van der Waals surface area contributed by atoms with Gasteiger partial charge in [0.25, 0.3) is 5.91 Å². The molecule has 1 aliphatic carbocycles. The molecule has 1 amide bonds. The van der Waals surface area contributed by atoms with Crippen LogP contribution in [-0.2, 0) is 13.0 Å². The lowest BCUT2D eigenvalue weighted by Gasteiger charge is -2.17. The maximum Gasteiger partial charge on any atom is 0.251 e. The molecule has 32 heavy (non-hydrogen) atoms. The first-order valence-electron chi connectivity index (χ1n) is 11.2. The van der Waals surface area contributed by atoms with Crippen molar-refractivity contribution in [3.8, 4) is 11.5 Å². The number of guanidine groups is 1. The summed E-state index contributed by atoms with van der Waals surface area (Å²) in [6.45, 7) is 1.33. The summed E-state index contributed by atoms with van der Waals surface area (Å²) in [5, 5.41) is 9.33. The molecule has 0 bridgehead atoms. The highest BCUT2D eigenvalue weighted by Gasteiger charge is 2.18. The lowest BCUT2D eigenvalue weighted by Crippen LogP contribution is -2.37. The Morgan fingerprint density at radius 3 is 2.59 bits per heavy atom. The molecule has 7 nitrogen and oxygen atoms in total. The predicted octanol–water partition coefficient (Wildman–Crippen LogP) is 3.28. The molecule has 0 aromatic heterocycles. The Hall–Kier alpha value is -3.22. The van der Waals surface area contributed by atoms with Crippen molar-refractivity contribution >= 4 is 11.9 Å². The molecule has 3 rings (SSSR count). The number of carbonyl (C=O) groups is 1. The number of hydrogen-bond acceptors (Lipinski definition) is 4. The minimum atomic E-state index is -0.0759. The first-order chi connectivity index (χ1) is 15.6. The minimum absolute atomic E-state index is 0.0759. The number of benzene rings is 2. The first-order valence-corrected chi connectivity index (χ1v) is 11.2. The molecular weight excluding hydrogens is 404 g/mol. The fourth-order valence-electron chi connectivity index (χ4n) is 3.85. The van der Waals surface area contributed by atoms with Crippen LogP contribution in [0.2, 0.25) is 0 Å². The van der Waals surface area contributed by atoms with Crippen LogP contribution in [0.3, 0.4) is 0 Å². The van der Waals surface area contributed by atoms with Gasteiger partial charge in [-0.2, -0.15) is 0 Å². The normalized spacial score (nSPS) is 14.2. The van der Waals surface area contributed by atoms with Crippen LogP contribution in [0.1, 0.15) is 47.2 Å². The van der Waals surface area contributed by atoms with Gasteiger partial charge in [-0.15, -0.1) is 0 Å². The van der Waals surface area contributed by atoms with E-state index in [1.54, 1.807) is 21.2 Å². The Labute approximate surface area is 190 Å². The average molecular weight is 439 g/mol. The van der Waals surface area contributed by atoms with Crippen molar-refractivity contribution in [3.63, 3.8) is 0 Å². The summed E-state index contributed by atoms with van der Waals surface area (Å²) < 4.78 is 11.7. The summed E-state index contributed by atoms with van der Waals surface area (Å²) in [5.74, 6) is 2.22. The molecule has 2 aromatic carbocycles. The summed E-state index contributed by atoms with van der Waals surface area (Å²) in [7, 11) is 5.06. The first kappa shape index (κ1) is 23.4. The number of nitrogens with one attached hydrogen (secondary N) is 3. The third-order valence-corrected chi connectivity index (χ3v) is 5.63. The Kier molecular flexibility index (Phi) is 8.78. The summed E-state index contributed by atoms with van der Waals surface area (Å²) in [5.41, 5.74) is 2.86. The molecule has 1 saturated carbocycles. The van der Waals surface area contributed by atoms with Gasteiger partial charge in [-0.05, 0) is 67.5 Å². The van der Waals surface area contributed by atoms with Gasteiger partial charge in [0.15, 0.2) is 17.5 Å². The smallest absolute Gasteiger partial charge is 0.251 e. The van der Waals surface area contributed by atoms with E-state index in [9.17, 15) is 4.79 Å². The standard InChI is InChI=1S/C25H34N4O3/c1-26-24(30)20-8-6-7-18(15-20)13-14-28-25(27-2)29-17-19-11-12-22(31-3)23(16-19)32-21-9-4-5-10-21/h6-8,11-12,15-16,21H,4-5,9-10,13-14,17H2,1-3H3,(H,26,30)(H2,27,28,29). The summed E-state index contributed by atoms with van der Waals surface area (Å²) >= 11 is 0. The van der Waals surface area contributed by atoms with Gasteiger partial charge >= 0.3 is 0 Å². The zero-order valence-electron chi connectivity index (χ0n) is 19.2. The van der Waals surface area contributed by atoms with Crippen molar-refractivity contribution in [2.24, 2.45) is 4.99 Å². The number of ether oxygens (including phenoxy) is 2. The van der Waals surface area contributed by atoms with Crippen LogP contribution >= 0.6 is 0 Å². The third kappa shape index (κ3) is 6.64. The molecule has 0 saturated heterocycles. The van der Waals surface area contributed by atoms with Gasteiger partial charge < -0.3 is 25.4 Å². The number of carbonyl (C=O) groups excluding carboxylic acids is 1. The van der Waals surface area contributed by atoms with E-state index in [1.165, 1.54) is 12.8 Å². The highest BCUT2D eigenvalue weighted by molar-refractivity contribution is 5.94. The van der Waals surface area contributed by atoms with E-state index in [0.717, 1.165) is 47.8 Å². The molecule has 0 heterocycles. The molecule has 2 aromatic rings. The van der Waals surface area contributed by atoms with Gasteiger partial charge in [0, 0.05) is 32.7 Å². The predicted molar refractivity (Wildman–Crippen MR) is 128 cm³/mol. The van der Waals surface area contributed by atoms with Gasteiger partial charge in [-0.3, -0.25) is 9.79 Å². The Morgan fingerprint density at radius 2 is 1.88 bits per heavy atom. The average Bonchev–Trinajstić information content (AvgIpc) is 3.34. The lowest BCUT2D eigenvalue weighted by atomic mass is 10.1. The molecule has 0 spiro atoms. The Morgan fingerprint density at radius 1 is 1.06 bits per heavy atom. The number of amides is 1. The molecule has 0 unspecified atom stereocenters. The van der Waals surface area contributed by atoms with Crippen molar-refractivity contribution in [2.75, 3.05) is 27.7 Å². The van der Waals surface area contributed by atoms with Crippen LogP contribution in [-0.4, -0.2) is 45.7 Å². The SMILES string of the molecule is CN=C(NCCc1cccc(C(=O)NC)c1)NCc1ccc(OC)c(OC2CCCC2)c1. The van der Waals surface area contributed by atoms with Crippen LogP contribution in [0.4, 0.5) is 0 Å². The fraction of sp³-hybridized carbons (Fsp3) is 0.440. The van der Waals surface area contributed by atoms with E-state index in [0.29, 0.717) is 18.7 Å². The highest BCUT2D eigenvalue weighted by atomic mass is 16.5. The maximum atomic E-state index is 11.8. The molecule has 172 valence electrons. The molecule has 0 radical (unpaired) electrons. The van der Waals surface area contributed by atoms with Gasteiger partial charge in [-0.25, -0.2) is 0 Å². The second kappa shape index (κ2) is 12.0. The van der Waals surface area contributed by atoms with Crippen LogP contribution in [0, 0.1) is 0 Å². The molecule has 0 atom stereocenters. The Balaban J connectivity index is 1.51. The third-order valence-electron chi connectivity index (χ3n) is 5.63. The number of rotatable bonds is 9. The fourth-order valence-corrected chi connectivity index (χ4v) is 3.85. The van der Waals surface area contributed by atoms with Crippen molar-refractivity contribution in [2.45, 2.75) is 44.8 Å². The topological polar surface area (TPSA) is 84.0 Å². The highest BCUT2D eigenvalue weighted by Crippen LogP contribution is 2.32. The van der Waals surface area contributed by atoms with Crippen LogP contribution in [0.25, 0.3) is 0 Å². The lowest BCUT2D eigenvalue weighted by molar-refractivity contribution is 0.0963. The summed E-state index contributed by atoms with van der Waals surface area (Å²) in [6, 6.07) is 13.7. The van der Waals surface area contributed by atoms with Crippen molar-refractivity contribution in [1.29, 1.82) is 0 Å². The Bertz CT molecular complexity index is 923. The number of nitrogens with zero attached hydrogens (tertiary/aromatic N) is 1. The second-order valence-corrected chi connectivity index (χ2v) is 7.89. The maximum absolute atomic E-state index is 11.8. The van der Waals surface area contributed by atoms with E-state index in [4.69, 9.17) is 9.47 Å². The van der Waals surface area contributed by atoms with Crippen molar-refractivity contribution < 1.29 is 14.3 Å². The second-order valence-electron chi connectivity index (χ2n) is 7.89. The van der Waals surface area contributed by atoms with Gasteiger partial charge in [0.05, 0.1) is 13.2 Å². The van der Waals surface area contributed by atoms with E-state index >= 15 is 0 Å². The van der Waals surface area contributed by atoms with Crippen LogP contribution in [0.15, 0.2) is 47.5 Å². The minimum Gasteiger partial charge on any atom is -0.493 e. The van der Waals surface area contributed by atoms with E-state index in [-0.39, 0.29) is 12.0 Å². The molecular formula is C25H34N4O3.